The molecule has 138 valence electrons. The summed E-state index contributed by atoms with van der Waals surface area (Å²) in [4.78, 5) is 24.5. The van der Waals surface area contributed by atoms with E-state index in [2.05, 4.69) is 15.5 Å². The van der Waals surface area contributed by atoms with Crippen molar-refractivity contribution in [2.24, 2.45) is 0 Å². The van der Waals surface area contributed by atoms with Gasteiger partial charge in [0.2, 0.25) is 6.04 Å². The number of hydrogen-bond donors (Lipinski definition) is 1. The highest BCUT2D eigenvalue weighted by Crippen LogP contribution is 2.24. The van der Waals surface area contributed by atoms with Crippen molar-refractivity contribution in [3.63, 3.8) is 0 Å². The van der Waals surface area contributed by atoms with Gasteiger partial charge in [0.1, 0.15) is 5.82 Å². The van der Waals surface area contributed by atoms with E-state index in [1.165, 1.54) is 25.3 Å². The summed E-state index contributed by atoms with van der Waals surface area (Å²) in [6.45, 7) is 1.89. The van der Waals surface area contributed by atoms with Crippen LogP contribution in [-0.2, 0) is 9.53 Å². The third-order valence-electron chi connectivity index (χ3n) is 3.82. The topological polar surface area (TPSA) is 94.3 Å². The van der Waals surface area contributed by atoms with E-state index < -0.39 is 23.7 Å². The normalized spacial score (nSPS) is 11.7. The zero-order chi connectivity index (χ0) is 19.4. The third-order valence-corrected chi connectivity index (χ3v) is 3.82. The summed E-state index contributed by atoms with van der Waals surface area (Å²) in [5.74, 6) is -2.18. The highest BCUT2D eigenvalue weighted by atomic mass is 19.1. The number of ether oxygens (including phenoxy) is 1. The fourth-order valence-electron chi connectivity index (χ4n) is 2.35. The van der Waals surface area contributed by atoms with Crippen LogP contribution in [0.1, 0.15) is 27.9 Å². The van der Waals surface area contributed by atoms with Gasteiger partial charge in [0.15, 0.2) is 0 Å². The van der Waals surface area contributed by atoms with Gasteiger partial charge in [-0.05, 0) is 31.2 Å². The quantitative estimate of drug-likeness (QED) is 0.695. The first-order chi connectivity index (χ1) is 13.0. The number of rotatable bonds is 5. The molecule has 1 atom stereocenters. The lowest BCUT2D eigenvalue weighted by atomic mass is 10.1. The number of aromatic nitrogens is 2. The molecule has 0 fully saturated rings. The molecular weight excluding hydrogens is 353 g/mol. The Kier molecular flexibility index (Phi) is 5.25. The van der Waals surface area contributed by atoms with Crippen molar-refractivity contribution in [1.29, 1.82) is 0 Å². The number of nitrogens with one attached hydrogen (secondary N) is 1. The average Bonchev–Trinajstić information content (AvgIpc) is 3.15. The Morgan fingerprint density at radius 3 is 2.48 bits per heavy atom. The first-order valence-electron chi connectivity index (χ1n) is 8.03. The maximum absolute atomic E-state index is 13.9. The molecule has 0 unspecified atom stereocenters. The summed E-state index contributed by atoms with van der Waals surface area (Å²) in [6, 6.07) is 11.3. The number of methoxy groups -OCH3 is 1. The van der Waals surface area contributed by atoms with Gasteiger partial charge in [-0.25, -0.2) is 9.18 Å². The number of hydrogen-bond acceptors (Lipinski definition) is 6. The summed E-state index contributed by atoms with van der Waals surface area (Å²) < 4.78 is 24.0. The molecule has 0 saturated heterocycles. The van der Waals surface area contributed by atoms with Gasteiger partial charge in [-0.1, -0.05) is 29.8 Å². The van der Waals surface area contributed by atoms with Crippen LogP contribution in [0.2, 0.25) is 0 Å². The van der Waals surface area contributed by atoms with Crippen molar-refractivity contribution in [3.05, 3.63) is 71.4 Å². The highest BCUT2D eigenvalue weighted by Gasteiger charge is 2.30. The van der Waals surface area contributed by atoms with E-state index in [1.807, 2.05) is 6.92 Å². The van der Waals surface area contributed by atoms with Gasteiger partial charge < -0.3 is 14.5 Å². The molecule has 0 radical (unpaired) electrons. The van der Waals surface area contributed by atoms with Crippen LogP contribution in [0.4, 0.5) is 4.39 Å². The Morgan fingerprint density at radius 1 is 1.11 bits per heavy atom. The van der Waals surface area contributed by atoms with Crippen molar-refractivity contribution in [1.82, 2.24) is 15.5 Å². The molecule has 0 aliphatic rings. The van der Waals surface area contributed by atoms with Gasteiger partial charge in [0, 0.05) is 5.56 Å². The summed E-state index contributed by atoms with van der Waals surface area (Å²) in [5, 5.41) is 10.0. The molecule has 8 heteroatoms. The molecule has 1 aromatic heterocycles. The Morgan fingerprint density at radius 2 is 1.81 bits per heavy atom. The molecule has 0 saturated carbocycles. The molecule has 0 aliphatic carbocycles. The number of nitrogens with zero attached hydrogens (tertiary/aromatic N) is 2. The molecule has 27 heavy (non-hydrogen) atoms. The number of carbonyl (C=O) groups excluding carboxylic acids is 2. The highest BCUT2D eigenvalue weighted by molar-refractivity contribution is 5.96. The van der Waals surface area contributed by atoms with E-state index in [-0.39, 0.29) is 17.3 Å². The molecule has 3 aromatic rings. The summed E-state index contributed by atoms with van der Waals surface area (Å²) in [7, 11) is 1.17. The average molecular weight is 369 g/mol. The van der Waals surface area contributed by atoms with E-state index in [1.54, 1.807) is 30.3 Å². The van der Waals surface area contributed by atoms with Gasteiger partial charge in [0.05, 0.1) is 12.7 Å². The van der Waals surface area contributed by atoms with E-state index >= 15 is 0 Å². The fraction of sp³-hybridized carbons (Fsp3) is 0.158. The van der Waals surface area contributed by atoms with Crippen molar-refractivity contribution in [2.75, 3.05) is 7.11 Å². The SMILES string of the molecule is COC(=O)[C@@H](NC(=O)c1ccc(C)cc1)c1nnc(-c2ccccc2F)o1. The molecule has 1 N–H and O–H groups in total. The Bertz CT molecular complexity index is 969. The van der Waals surface area contributed by atoms with Crippen LogP contribution in [-0.4, -0.2) is 29.2 Å². The van der Waals surface area contributed by atoms with Gasteiger partial charge >= 0.3 is 5.97 Å². The summed E-state index contributed by atoms with van der Waals surface area (Å²) in [6.07, 6.45) is 0. The number of halogens is 1. The van der Waals surface area contributed by atoms with Gasteiger partial charge in [-0.15, -0.1) is 10.2 Å². The molecule has 0 aliphatic heterocycles. The van der Waals surface area contributed by atoms with E-state index in [0.29, 0.717) is 5.56 Å². The molecule has 1 heterocycles. The number of benzene rings is 2. The van der Waals surface area contributed by atoms with Crippen LogP contribution in [0, 0.1) is 12.7 Å². The second-order valence-corrected chi connectivity index (χ2v) is 5.72. The van der Waals surface area contributed by atoms with Gasteiger partial charge in [-0.3, -0.25) is 4.79 Å². The lowest BCUT2D eigenvalue weighted by molar-refractivity contribution is -0.143. The second kappa shape index (κ2) is 7.77. The lowest BCUT2D eigenvalue weighted by Gasteiger charge is -2.13. The molecule has 0 spiro atoms. The molecule has 1 amide bonds. The first-order valence-corrected chi connectivity index (χ1v) is 8.03. The largest absolute Gasteiger partial charge is 0.467 e. The van der Waals surface area contributed by atoms with E-state index in [9.17, 15) is 14.0 Å². The van der Waals surface area contributed by atoms with Crippen molar-refractivity contribution >= 4 is 11.9 Å². The third kappa shape index (κ3) is 4.00. The Hall–Kier alpha value is -3.55. The monoisotopic (exact) mass is 369 g/mol. The number of esters is 1. The lowest BCUT2D eigenvalue weighted by Crippen LogP contribution is -2.34. The zero-order valence-electron chi connectivity index (χ0n) is 14.6. The van der Waals surface area contributed by atoms with Crippen LogP contribution in [0.3, 0.4) is 0 Å². The summed E-state index contributed by atoms with van der Waals surface area (Å²) >= 11 is 0. The van der Waals surface area contributed by atoms with E-state index in [4.69, 9.17) is 9.15 Å². The van der Waals surface area contributed by atoms with Crippen molar-refractivity contribution in [2.45, 2.75) is 13.0 Å². The smallest absolute Gasteiger partial charge is 0.338 e. The van der Waals surface area contributed by atoms with Gasteiger partial charge in [0.25, 0.3) is 17.7 Å². The number of carbonyl (C=O) groups is 2. The molecule has 0 bridgehead atoms. The minimum Gasteiger partial charge on any atom is -0.467 e. The minimum atomic E-state index is -1.32. The Labute approximate surface area is 154 Å². The maximum atomic E-state index is 13.9. The first kappa shape index (κ1) is 18.2. The predicted molar refractivity (Wildman–Crippen MR) is 93.1 cm³/mol. The van der Waals surface area contributed by atoms with Crippen LogP contribution in [0.5, 0.6) is 0 Å². The maximum Gasteiger partial charge on any atom is 0.338 e. The number of aryl methyl sites for hydroxylation is 1. The number of amides is 1. The molecule has 3 rings (SSSR count). The van der Waals surface area contributed by atoms with Crippen LogP contribution < -0.4 is 5.32 Å². The molecular formula is C19H16FN3O4. The van der Waals surface area contributed by atoms with Gasteiger partial charge in [-0.2, -0.15) is 0 Å². The zero-order valence-corrected chi connectivity index (χ0v) is 14.6. The fourth-order valence-corrected chi connectivity index (χ4v) is 2.35. The molecule has 7 nitrogen and oxygen atoms in total. The van der Waals surface area contributed by atoms with Crippen molar-refractivity contribution < 1.29 is 23.1 Å². The second-order valence-electron chi connectivity index (χ2n) is 5.72. The van der Waals surface area contributed by atoms with Crippen molar-refractivity contribution in [3.8, 4) is 11.5 Å². The predicted octanol–water partition coefficient (Wildman–Crippen LogP) is 2.83. The summed E-state index contributed by atoms with van der Waals surface area (Å²) in [5.41, 5.74) is 1.43. The van der Waals surface area contributed by atoms with E-state index in [0.717, 1.165) is 5.56 Å². The standard InChI is InChI=1S/C19H16FN3O4/c1-11-7-9-12(10-8-11)16(24)21-15(19(25)26-2)18-23-22-17(27-18)13-5-3-4-6-14(13)20/h3-10,15H,1-2H3,(H,21,24)/t15-/m0/s1. The van der Waals surface area contributed by atoms with Crippen LogP contribution >= 0.6 is 0 Å². The van der Waals surface area contributed by atoms with Crippen LogP contribution in [0.25, 0.3) is 11.5 Å². The Balaban J connectivity index is 1.87. The van der Waals surface area contributed by atoms with Crippen LogP contribution in [0.15, 0.2) is 52.9 Å². The molecule has 2 aromatic carbocycles. The minimum absolute atomic E-state index is 0.0877.